The Bertz CT molecular complexity index is 1580. The number of fused-ring (bicyclic) bond motifs is 4. The van der Waals surface area contributed by atoms with E-state index < -0.39 is 59.3 Å². The van der Waals surface area contributed by atoms with Crippen LogP contribution < -0.4 is 11.2 Å². The molecule has 0 spiro atoms. The molecule has 2 N–H and O–H groups in total. The second-order valence-corrected chi connectivity index (χ2v) is 8.51. The van der Waals surface area contributed by atoms with Gasteiger partial charge in [0.25, 0.3) is 12.3 Å². The fraction of sp³-hybridized carbons (Fsp3) is 0.190. The van der Waals surface area contributed by atoms with Crippen molar-refractivity contribution in [3.63, 3.8) is 0 Å². The van der Waals surface area contributed by atoms with E-state index in [2.05, 4.69) is 9.97 Å². The highest BCUT2D eigenvalue weighted by Gasteiger charge is 2.53. The zero-order valence-corrected chi connectivity index (χ0v) is 18.3. The molecule has 4 aromatic rings. The molecular weight excluding hydrogens is 504 g/mol. The Balaban J connectivity index is 1.71. The van der Waals surface area contributed by atoms with Gasteiger partial charge in [0.1, 0.15) is 23.2 Å². The Morgan fingerprint density at radius 3 is 2.43 bits per heavy atom. The third-order valence-electron chi connectivity index (χ3n) is 6.26. The molecule has 37 heavy (non-hydrogen) atoms. The lowest BCUT2D eigenvalue weighted by Gasteiger charge is -2.48. The lowest BCUT2D eigenvalue weighted by molar-refractivity contribution is -0.137. The van der Waals surface area contributed by atoms with Crippen molar-refractivity contribution in [2.45, 2.75) is 23.9 Å². The molecule has 3 heterocycles. The molecule has 6 nitrogen and oxygen atoms in total. The number of aromatic nitrogens is 3. The maximum atomic E-state index is 15.7. The van der Waals surface area contributed by atoms with E-state index >= 15 is 4.32 Å². The summed E-state index contributed by atoms with van der Waals surface area (Å²) < 4.78 is 99.4. The molecule has 0 saturated carbocycles. The van der Waals surface area contributed by atoms with Gasteiger partial charge in [0, 0.05) is 11.1 Å². The van der Waals surface area contributed by atoms with E-state index in [1.165, 1.54) is 16.9 Å². The van der Waals surface area contributed by atoms with Gasteiger partial charge in [-0.05, 0) is 35.0 Å². The maximum Gasteiger partial charge on any atom is 0.416 e. The minimum atomic E-state index is -4.97. The highest BCUT2D eigenvalue weighted by atomic mass is 19.4. The summed E-state index contributed by atoms with van der Waals surface area (Å²) in [5.41, 5.74) is 3.25. The summed E-state index contributed by atoms with van der Waals surface area (Å²) in [5.74, 6) is -2.97. The van der Waals surface area contributed by atoms with Gasteiger partial charge in [0.05, 0.1) is 44.8 Å². The van der Waals surface area contributed by atoms with Crippen LogP contribution in [0.3, 0.4) is 0 Å². The van der Waals surface area contributed by atoms with Crippen molar-refractivity contribution in [3.8, 4) is 0 Å². The number of hydrogen-bond donors (Lipinski definition) is 1. The molecule has 2 aromatic carbocycles. The first kappa shape index (κ1) is 25.0. The number of hydrogen-bond acceptors (Lipinski definition) is 4. The van der Waals surface area contributed by atoms with Crippen LogP contribution in [-0.4, -0.2) is 59.5 Å². The number of amides is 1. The largest absolute Gasteiger partial charge is 0.416 e. The average Bonchev–Trinajstić information content (AvgIpc) is 3.30. The van der Waals surface area contributed by atoms with Gasteiger partial charge in [-0.15, -0.1) is 0 Å². The topological polar surface area (TPSA) is 76.5 Å². The molecule has 1 aliphatic heterocycles. The predicted octanol–water partition coefficient (Wildman–Crippen LogP) is 2.78. The quantitative estimate of drug-likeness (QED) is 0.337. The number of rotatable bonds is 3. The second kappa shape index (κ2) is 8.15. The summed E-state index contributed by atoms with van der Waals surface area (Å²) in [4.78, 5) is 21.6. The summed E-state index contributed by atoms with van der Waals surface area (Å²) in [6.45, 7) is -2.48. The zero-order chi connectivity index (χ0) is 27.0. The maximum absolute atomic E-state index is 15.7. The normalized spacial score (nSPS) is 16.6. The van der Waals surface area contributed by atoms with Crippen LogP contribution in [0.5, 0.6) is 0 Å². The molecule has 5 rings (SSSR count). The summed E-state index contributed by atoms with van der Waals surface area (Å²) in [6.07, 6.45) is -5.88. The van der Waals surface area contributed by atoms with E-state index in [0.29, 0.717) is 17.6 Å². The van der Waals surface area contributed by atoms with Crippen molar-refractivity contribution in [3.05, 3.63) is 65.4 Å². The highest BCUT2D eigenvalue weighted by Crippen LogP contribution is 2.39. The first-order valence-corrected chi connectivity index (χ1v) is 10.5. The molecule has 184 valence electrons. The van der Waals surface area contributed by atoms with Crippen molar-refractivity contribution in [2.75, 3.05) is 5.73 Å². The van der Waals surface area contributed by atoms with Crippen LogP contribution in [0.15, 0.2) is 42.9 Å². The number of halogens is 7. The van der Waals surface area contributed by atoms with E-state index in [4.69, 9.17) is 21.4 Å². The molecule has 0 aliphatic carbocycles. The summed E-state index contributed by atoms with van der Waals surface area (Å²) in [5, 5.41) is -2.95. The van der Waals surface area contributed by atoms with Crippen LogP contribution in [0.25, 0.3) is 16.6 Å². The number of carbonyl (C=O) groups excluding carboxylic acids is 1. The fourth-order valence-corrected chi connectivity index (χ4v) is 4.51. The van der Waals surface area contributed by atoms with Crippen molar-refractivity contribution < 1.29 is 35.5 Å². The van der Waals surface area contributed by atoms with Crippen LogP contribution in [0.2, 0.25) is 0 Å². The molecule has 1 amide bonds. The Labute approximate surface area is 206 Å². The molecule has 0 fully saturated rings. The molecule has 1 atom stereocenters. The van der Waals surface area contributed by atoms with Crippen LogP contribution in [0, 0.1) is 5.82 Å². The van der Waals surface area contributed by atoms with Crippen LogP contribution in [0.1, 0.15) is 27.5 Å². The van der Waals surface area contributed by atoms with Gasteiger partial charge in [0.15, 0.2) is 0 Å². The Hall–Kier alpha value is -3.71. The lowest BCUT2D eigenvalue weighted by Crippen LogP contribution is -2.70. The minimum absolute atomic E-state index is 0.00587. The number of anilines is 1. The molecule has 4 radical (unpaired) electrons. The van der Waals surface area contributed by atoms with Crippen molar-refractivity contribution in [1.29, 1.82) is 0 Å². The third kappa shape index (κ3) is 3.72. The molecular formula is C21H11B3F7N5O. The monoisotopic (exact) mass is 515 g/mol. The Morgan fingerprint density at radius 2 is 1.81 bits per heavy atom. The van der Waals surface area contributed by atoms with Crippen LogP contribution in [-0.2, 0) is 6.18 Å². The molecule has 0 saturated heterocycles. The highest BCUT2D eigenvalue weighted by molar-refractivity contribution is 6.86. The molecule has 1 unspecified atom stereocenters. The molecule has 16 heteroatoms. The van der Waals surface area contributed by atoms with Crippen molar-refractivity contribution in [2.24, 2.45) is 0 Å². The van der Waals surface area contributed by atoms with Crippen LogP contribution in [0.4, 0.5) is 36.5 Å². The number of nitrogens with two attached hydrogens (primary N) is 1. The van der Waals surface area contributed by atoms with Gasteiger partial charge in [-0.2, -0.15) is 13.2 Å². The summed E-state index contributed by atoms with van der Waals surface area (Å²) in [6, 6.07) is 0.443. The second-order valence-electron chi connectivity index (χ2n) is 8.51. The number of nitrogen functional groups attached to an aromatic ring is 1. The fourth-order valence-electron chi connectivity index (χ4n) is 4.51. The van der Waals surface area contributed by atoms with E-state index in [1.54, 1.807) is 0 Å². The van der Waals surface area contributed by atoms with E-state index in [9.17, 15) is 31.1 Å². The van der Waals surface area contributed by atoms with Gasteiger partial charge >= 0.3 is 13.2 Å². The molecule has 1 aliphatic rings. The standard InChI is InChI=1S/C21H11B3F7N5O/c22-21(23)24(31)11-5-13-14(35-7-33-6-15(35)18(32)34-13)4-10(11)19(37)36(21)16(17(26)27)9-2-1-8(3-12(9)25)20(28,29)30/h1-7,16-17H,(H2,32,34). The number of benzene rings is 2. The first-order chi connectivity index (χ1) is 17.2. The van der Waals surface area contributed by atoms with Crippen molar-refractivity contribution >= 4 is 56.4 Å². The Kier molecular flexibility index (Phi) is 5.50. The van der Waals surface area contributed by atoms with Crippen LogP contribution >= 0.6 is 0 Å². The minimum Gasteiger partial charge on any atom is -0.382 e. The van der Waals surface area contributed by atoms with Gasteiger partial charge in [-0.3, -0.25) is 9.20 Å². The van der Waals surface area contributed by atoms with E-state index in [-0.39, 0.29) is 33.3 Å². The van der Waals surface area contributed by atoms with E-state index in [1.807, 2.05) is 0 Å². The number of alkyl halides is 5. The SMILES string of the molecule is [B]C1([B])B(F)c2cc3nc(N)c4cncn4c3cc2C(=O)N1C(c1ccc(C(F)(F)F)cc1F)C(F)F. The van der Waals surface area contributed by atoms with E-state index in [0.717, 1.165) is 12.1 Å². The van der Waals surface area contributed by atoms with Crippen molar-refractivity contribution in [1.82, 2.24) is 19.3 Å². The smallest absolute Gasteiger partial charge is 0.382 e. The third-order valence-corrected chi connectivity index (χ3v) is 6.26. The summed E-state index contributed by atoms with van der Waals surface area (Å²) >= 11 is 0. The van der Waals surface area contributed by atoms with Gasteiger partial charge in [0.2, 0.25) is 0 Å². The molecule has 0 bridgehead atoms. The number of nitrogens with zero attached hydrogens (tertiary/aromatic N) is 4. The number of carbonyl (C=O) groups is 1. The zero-order valence-electron chi connectivity index (χ0n) is 18.3. The van der Waals surface area contributed by atoms with Gasteiger partial charge in [-0.25, -0.2) is 23.1 Å². The molecule has 2 aromatic heterocycles. The summed E-state index contributed by atoms with van der Waals surface area (Å²) in [7, 11) is 11.7. The average molecular weight is 515 g/mol. The van der Waals surface area contributed by atoms with Gasteiger partial charge < -0.3 is 14.9 Å². The number of imidazole rings is 1. The lowest BCUT2D eigenvalue weighted by atomic mass is 9.30. The van der Waals surface area contributed by atoms with Gasteiger partial charge in [-0.1, -0.05) is 6.07 Å². The Morgan fingerprint density at radius 1 is 1.11 bits per heavy atom. The predicted molar refractivity (Wildman–Crippen MR) is 122 cm³/mol. The first-order valence-electron chi connectivity index (χ1n) is 10.5.